The second kappa shape index (κ2) is 6.27. The van der Waals surface area contributed by atoms with E-state index in [2.05, 4.69) is 35.5 Å². The van der Waals surface area contributed by atoms with Crippen molar-refractivity contribution in [3.8, 4) is 11.3 Å². The Balaban J connectivity index is 1.54. The highest BCUT2D eigenvalue weighted by Gasteiger charge is 2.16. The molecule has 8 heteroatoms. The van der Waals surface area contributed by atoms with Crippen LogP contribution in [0.2, 0.25) is 0 Å². The number of amides is 1. The third-order valence-electron chi connectivity index (χ3n) is 4.53. The van der Waals surface area contributed by atoms with Crippen molar-refractivity contribution in [1.82, 2.24) is 30.1 Å². The molecule has 0 aliphatic rings. The molecule has 3 N–H and O–H groups in total. The highest BCUT2D eigenvalue weighted by atomic mass is 16.1. The number of aromatic nitrogens is 6. The van der Waals surface area contributed by atoms with Gasteiger partial charge in [-0.25, -0.2) is 9.97 Å². The summed E-state index contributed by atoms with van der Waals surface area (Å²) in [5.74, 6) is -0.294. The normalized spacial score (nSPS) is 11.2. The maximum atomic E-state index is 12.6. The number of pyridine rings is 1. The van der Waals surface area contributed by atoms with Gasteiger partial charge >= 0.3 is 0 Å². The SMILES string of the molecule is Cc1cc2c(-c3ccc4c(C(=O)Nc5cccnc5)n[nH]c4c3)ncnc2[nH]1. The Kier molecular flexibility index (Phi) is 3.61. The van der Waals surface area contributed by atoms with Gasteiger partial charge in [-0.2, -0.15) is 5.10 Å². The van der Waals surface area contributed by atoms with Gasteiger partial charge in [0.25, 0.3) is 5.91 Å². The Morgan fingerprint density at radius 2 is 2.04 bits per heavy atom. The van der Waals surface area contributed by atoms with Crippen LogP contribution in [-0.4, -0.2) is 36.0 Å². The Hall–Kier alpha value is -4.07. The molecule has 0 atom stereocenters. The minimum absolute atomic E-state index is 0.294. The van der Waals surface area contributed by atoms with Crippen LogP contribution in [-0.2, 0) is 0 Å². The quantitative estimate of drug-likeness (QED) is 0.451. The van der Waals surface area contributed by atoms with Crippen LogP contribution in [0.4, 0.5) is 5.69 Å². The molecule has 0 spiro atoms. The van der Waals surface area contributed by atoms with Crippen molar-refractivity contribution < 1.29 is 4.79 Å². The maximum Gasteiger partial charge on any atom is 0.276 e. The Morgan fingerprint density at radius 3 is 2.89 bits per heavy atom. The van der Waals surface area contributed by atoms with Gasteiger partial charge in [0.05, 0.1) is 23.1 Å². The van der Waals surface area contributed by atoms with Gasteiger partial charge in [-0.15, -0.1) is 0 Å². The van der Waals surface area contributed by atoms with Crippen molar-refractivity contribution in [2.45, 2.75) is 6.92 Å². The van der Waals surface area contributed by atoms with Crippen molar-refractivity contribution in [3.05, 3.63) is 66.5 Å². The average molecular weight is 369 g/mol. The molecule has 28 heavy (non-hydrogen) atoms. The molecule has 0 bridgehead atoms. The molecule has 0 unspecified atom stereocenters. The molecule has 4 aromatic heterocycles. The molecule has 136 valence electrons. The lowest BCUT2D eigenvalue weighted by Gasteiger charge is -2.04. The number of aromatic amines is 2. The van der Waals surface area contributed by atoms with E-state index >= 15 is 0 Å². The molecule has 0 saturated heterocycles. The van der Waals surface area contributed by atoms with Gasteiger partial charge in [0, 0.05) is 28.2 Å². The summed E-state index contributed by atoms with van der Waals surface area (Å²) in [6.45, 7) is 1.98. The molecule has 0 saturated carbocycles. The lowest BCUT2D eigenvalue weighted by Crippen LogP contribution is -2.12. The first-order valence-corrected chi connectivity index (χ1v) is 8.69. The Bertz CT molecular complexity index is 1320. The Morgan fingerprint density at radius 1 is 1.11 bits per heavy atom. The van der Waals surface area contributed by atoms with Crippen LogP contribution >= 0.6 is 0 Å². The number of hydrogen-bond donors (Lipinski definition) is 3. The van der Waals surface area contributed by atoms with Crippen LogP contribution in [0.5, 0.6) is 0 Å². The van der Waals surface area contributed by atoms with E-state index in [-0.39, 0.29) is 5.91 Å². The van der Waals surface area contributed by atoms with Gasteiger partial charge in [-0.1, -0.05) is 6.07 Å². The van der Waals surface area contributed by atoms with Gasteiger partial charge in [-0.3, -0.25) is 14.9 Å². The zero-order chi connectivity index (χ0) is 19.1. The fraction of sp³-hybridized carbons (Fsp3) is 0.0500. The van der Waals surface area contributed by atoms with Crippen molar-refractivity contribution in [2.24, 2.45) is 0 Å². The first-order valence-electron chi connectivity index (χ1n) is 8.69. The van der Waals surface area contributed by atoms with E-state index in [9.17, 15) is 4.79 Å². The summed E-state index contributed by atoms with van der Waals surface area (Å²) >= 11 is 0. The number of nitrogens with one attached hydrogen (secondary N) is 3. The molecule has 0 fully saturated rings. The highest BCUT2D eigenvalue weighted by molar-refractivity contribution is 6.11. The van der Waals surface area contributed by atoms with Crippen LogP contribution in [0.15, 0.2) is 55.1 Å². The van der Waals surface area contributed by atoms with Crippen LogP contribution in [0.3, 0.4) is 0 Å². The summed E-state index contributed by atoms with van der Waals surface area (Å²) in [6.07, 6.45) is 4.78. The second-order valence-corrected chi connectivity index (χ2v) is 6.47. The average Bonchev–Trinajstić information content (AvgIpc) is 3.30. The fourth-order valence-electron chi connectivity index (χ4n) is 3.27. The highest BCUT2D eigenvalue weighted by Crippen LogP contribution is 2.29. The largest absolute Gasteiger partial charge is 0.343 e. The number of benzene rings is 1. The minimum Gasteiger partial charge on any atom is -0.343 e. The molecule has 0 aliphatic heterocycles. The number of hydrogen-bond acceptors (Lipinski definition) is 5. The zero-order valence-electron chi connectivity index (χ0n) is 14.9. The van der Waals surface area contributed by atoms with E-state index in [0.717, 1.165) is 38.9 Å². The molecular formula is C20H15N7O. The lowest BCUT2D eigenvalue weighted by molar-refractivity contribution is 0.102. The van der Waals surface area contributed by atoms with E-state index in [4.69, 9.17) is 0 Å². The number of carbonyl (C=O) groups excluding carboxylic acids is 1. The van der Waals surface area contributed by atoms with E-state index in [1.165, 1.54) is 6.33 Å². The standard InChI is InChI=1S/C20H15N7O/c1-11-7-15-17(22-10-23-19(15)24-11)12-4-5-14-16(8-12)26-27-18(14)20(28)25-13-3-2-6-21-9-13/h2-10H,1H3,(H,25,28)(H,26,27)(H,22,23,24). The smallest absolute Gasteiger partial charge is 0.276 e. The number of rotatable bonds is 3. The molecule has 1 aromatic carbocycles. The van der Waals surface area contributed by atoms with Crippen LogP contribution in [0.1, 0.15) is 16.2 Å². The molecule has 5 aromatic rings. The van der Waals surface area contributed by atoms with Crippen LogP contribution < -0.4 is 5.32 Å². The van der Waals surface area contributed by atoms with Gasteiger partial charge < -0.3 is 10.3 Å². The third kappa shape index (κ3) is 2.67. The van der Waals surface area contributed by atoms with Gasteiger partial charge in [-0.05, 0) is 37.3 Å². The molecular weight excluding hydrogens is 354 g/mol. The van der Waals surface area contributed by atoms with Crippen molar-refractivity contribution in [3.63, 3.8) is 0 Å². The third-order valence-corrected chi connectivity index (χ3v) is 4.53. The van der Waals surface area contributed by atoms with Gasteiger partial charge in [0.15, 0.2) is 5.69 Å². The molecule has 1 amide bonds. The zero-order valence-corrected chi connectivity index (χ0v) is 14.9. The molecule has 8 nitrogen and oxygen atoms in total. The summed E-state index contributed by atoms with van der Waals surface area (Å²) in [7, 11) is 0. The first-order chi connectivity index (χ1) is 13.7. The summed E-state index contributed by atoms with van der Waals surface area (Å²) in [5.41, 5.74) is 5.27. The summed E-state index contributed by atoms with van der Waals surface area (Å²) in [4.78, 5) is 28.5. The van der Waals surface area contributed by atoms with Gasteiger partial charge in [0.1, 0.15) is 12.0 Å². The number of nitrogens with zero attached hydrogens (tertiary/aromatic N) is 4. The van der Waals surface area contributed by atoms with Crippen molar-refractivity contribution in [1.29, 1.82) is 0 Å². The lowest BCUT2D eigenvalue weighted by atomic mass is 10.1. The van der Waals surface area contributed by atoms with Crippen molar-refractivity contribution in [2.75, 3.05) is 5.32 Å². The summed E-state index contributed by atoms with van der Waals surface area (Å²) in [5, 5.41) is 11.6. The summed E-state index contributed by atoms with van der Waals surface area (Å²) < 4.78 is 0. The maximum absolute atomic E-state index is 12.6. The molecule has 4 heterocycles. The number of H-pyrrole nitrogens is 2. The van der Waals surface area contributed by atoms with Crippen LogP contribution in [0, 0.1) is 6.92 Å². The fourth-order valence-corrected chi connectivity index (χ4v) is 3.27. The molecule has 0 radical (unpaired) electrons. The number of anilines is 1. The monoisotopic (exact) mass is 369 g/mol. The minimum atomic E-state index is -0.294. The van der Waals surface area contributed by atoms with E-state index < -0.39 is 0 Å². The predicted octanol–water partition coefficient (Wildman–Crippen LogP) is 3.46. The van der Waals surface area contributed by atoms with E-state index in [0.29, 0.717) is 11.4 Å². The number of carbonyl (C=O) groups is 1. The first kappa shape index (κ1) is 16.1. The topological polar surface area (TPSA) is 112 Å². The second-order valence-electron chi connectivity index (χ2n) is 6.47. The molecule has 5 rings (SSSR count). The van der Waals surface area contributed by atoms with E-state index in [1.54, 1.807) is 24.5 Å². The van der Waals surface area contributed by atoms with Crippen molar-refractivity contribution >= 4 is 33.5 Å². The number of fused-ring (bicyclic) bond motifs is 2. The van der Waals surface area contributed by atoms with Gasteiger partial charge in [0.2, 0.25) is 0 Å². The Labute approximate surface area is 159 Å². The number of aryl methyl sites for hydroxylation is 1. The van der Waals surface area contributed by atoms with E-state index in [1.807, 2.05) is 31.2 Å². The van der Waals surface area contributed by atoms with Crippen LogP contribution in [0.25, 0.3) is 33.2 Å². The molecule has 0 aliphatic carbocycles. The summed E-state index contributed by atoms with van der Waals surface area (Å²) in [6, 6.07) is 11.3. The predicted molar refractivity (Wildman–Crippen MR) is 106 cm³/mol.